The van der Waals surface area contributed by atoms with Gasteiger partial charge in [0.25, 0.3) is 11.8 Å². The molecule has 30 heavy (non-hydrogen) atoms. The van der Waals surface area contributed by atoms with Gasteiger partial charge in [-0.1, -0.05) is 36.0 Å². The van der Waals surface area contributed by atoms with Crippen LogP contribution in [0.2, 0.25) is 0 Å². The molecule has 4 rings (SSSR count). The van der Waals surface area contributed by atoms with E-state index in [9.17, 15) is 14.4 Å². The average Bonchev–Trinajstić information content (AvgIpc) is 3.20. The largest absolute Gasteiger partial charge is 0.454 e. The van der Waals surface area contributed by atoms with Crippen LogP contribution >= 0.6 is 23.1 Å². The normalized spacial score (nSPS) is 12.0. The fraction of sp³-hybridized carbons (Fsp3) is 0.136. The minimum absolute atomic E-state index is 0.300. The van der Waals surface area contributed by atoms with Crippen LogP contribution in [0.25, 0.3) is 0 Å². The molecule has 0 saturated carbocycles. The lowest BCUT2D eigenvalue weighted by Crippen LogP contribution is -2.35. The van der Waals surface area contributed by atoms with Crippen molar-refractivity contribution >= 4 is 52.3 Å². The van der Waals surface area contributed by atoms with Crippen LogP contribution in [0.5, 0.6) is 0 Å². The molecule has 152 valence electrons. The summed E-state index contributed by atoms with van der Waals surface area (Å²) in [5.74, 6) is -1.37. The van der Waals surface area contributed by atoms with E-state index in [0.717, 1.165) is 26.0 Å². The summed E-state index contributed by atoms with van der Waals surface area (Å²) in [5.41, 5.74) is 1.51. The lowest BCUT2D eigenvalue weighted by atomic mass is 10.2. The van der Waals surface area contributed by atoms with Gasteiger partial charge in [0.1, 0.15) is 6.54 Å². The van der Waals surface area contributed by atoms with Gasteiger partial charge in [0.15, 0.2) is 6.61 Å². The zero-order valence-electron chi connectivity index (χ0n) is 16.1. The summed E-state index contributed by atoms with van der Waals surface area (Å²) in [6.07, 6.45) is 0. The minimum atomic E-state index is -0.669. The average molecular weight is 439 g/mol. The van der Waals surface area contributed by atoms with Gasteiger partial charge in [-0.2, -0.15) is 0 Å². The van der Waals surface area contributed by atoms with Crippen molar-refractivity contribution < 1.29 is 19.1 Å². The predicted molar refractivity (Wildman–Crippen MR) is 117 cm³/mol. The fourth-order valence-electron chi connectivity index (χ4n) is 3.03. The van der Waals surface area contributed by atoms with Crippen LogP contribution in [0.3, 0.4) is 0 Å². The number of hydrogen-bond donors (Lipinski definition) is 1. The zero-order valence-corrected chi connectivity index (χ0v) is 17.7. The summed E-state index contributed by atoms with van der Waals surface area (Å²) in [5, 5.41) is 2.52. The van der Waals surface area contributed by atoms with E-state index < -0.39 is 12.6 Å². The van der Waals surface area contributed by atoms with Gasteiger partial charge < -0.3 is 10.1 Å². The monoisotopic (exact) mass is 438 g/mol. The van der Waals surface area contributed by atoms with Crippen LogP contribution in [-0.4, -0.2) is 30.9 Å². The number of carbonyl (C=O) groups is 3. The topological polar surface area (TPSA) is 75.7 Å². The molecule has 8 heteroatoms. The first-order valence-corrected chi connectivity index (χ1v) is 10.9. The third-order valence-electron chi connectivity index (χ3n) is 4.40. The number of aryl methyl sites for hydroxylation is 1. The van der Waals surface area contributed by atoms with E-state index in [1.807, 2.05) is 61.5 Å². The smallest absolute Gasteiger partial charge is 0.325 e. The highest BCUT2D eigenvalue weighted by Crippen LogP contribution is 2.47. The number of fused-ring (bicyclic) bond motifs is 2. The molecule has 0 bridgehead atoms. The van der Waals surface area contributed by atoms with Crippen molar-refractivity contribution in [3.63, 3.8) is 0 Å². The molecule has 0 saturated heterocycles. The number of carbonyl (C=O) groups excluding carboxylic acids is 3. The van der Waals surface area contributed by atoms with Gasteiger partial charge in [-0.15, -0.1) is 11.3 Å². The summed E-state index contributed by atoms with van der Waals surface area (Å²) >= 11 is 2.94. The molecule has 0 spiro atoms. The second kappa shape index (κ2) is 8.73. The Bertz CT molecular complexity index is 1080. The number of thiophene rings is 1. The molecule has 1 aromatic heterocycles. The lowest BCUT2D eigenvalue weighted by Gasteiger charge is -2.30. The maximum atomic E-state index is 12.9. The second-order valence-corrected chi connectivity index (χ2v) is 8.89. The Hall–Kier alpha value is -3.10. The van der Waals surface area contributed by atoms with Crippen LogP contribution < -0.4 is 10.2 Å². The standard InChI is InChI=1S/C22H18N2O4S2/c1-14-10-11-19(29-14)22(27)23-12-21(26)28-13-20(25)24-15-6-2-4-8-17(15)30-18-9-5-3-7-16(18)24/h2-11H,12-13H2,1H3,(H,23,27). The molecule has 0 aliphatic carbocycles. The van der Waals surface area contributed by atoms with E-state index in [1.54, 1.807) is 22.7 Å². The molecule has 2 amide bonds. The molecule has 0 unspecified atom stereocenters. The van der Waals surface area contributed by atoms with Crippen molar-refractivity contribution in [2.24, 2.45) is 0 Å². The number of anilines is 2. The molecule has 1 N–H and O–H groups in total. The highest BCUT2D eigenvalue weighted by molar-refractivity contribution is 7.99. The molecule has 0 radical (unpaired) electrons. The maximum Gasteiger partial charge on any atom is 0.325 e. The van der Waals surface area contributed by atoms with E-state index in [0.29, 0.717) is 4.88 Å². The Morgan fingerprint density at radius 1 is 0.933 bits per heavy atom. The molecule has 0 atom stereocenters. The third-order valence-corrected chi connectivity index (χ3v) is 6.53. The van der Waals surface area contributed by atoms with Crippen LogP contribution in [0.1, 0.15) is 14.5 Å². The maximum absolute atomic E-state index is 12.9. The Morgan fingerprint density at radius 3 is 2.17 bits per heavy atom. The number of ether oxygens (including phenoxy) is 1. The predicted octanol–water partition coefficient (Wildman–Crippen LogP) is 4.16. The van der Waals surface area contributed by atoms with Crippen molar-refractivity contribution in [1.29, 1.82) is 0 Å². The van der Waals surface area contributed by atoms with Crippen molar-refractivity contribution in [2.45, 2.75) is 16.7 Å². The molecule has 2 heterocycles. The Balaban J connectivity index is 1.39. The van der Waals surface area contributed by atoms with Gasteiger partial charge in [-0.05, 0) is 43.3 Å². The third kappa shape index (κ3) is 4.24. The van der Waals surface area contributed by atoms with Crippen molar-refractivity contribution in [2.75, 3.05) is 18.1 Å². The van der Waals surface area contributed by atoms with E-state index in [2.05, 4.69) is 5.32 Å². The van der Waals surface area contributed by atoms with Gasteiger partial charge in [0, 0.05) is 14.7 Å². The Labute approximate surface area is 181 Å². The first kappa shape index (κ1) is 20.2. The van der Waals surface area contributed by atoms with Crippen molar-refractivity contribution in [1.82, 2.24) is 5.32 Å². The number of para-hydroxylation sites is 2. The summed E-state index contributed by atoms with van der Waals surface area (Å²) in [7, 11) is 0. The number of esters is 1. The van der Waals surface area contributed by atoms with Crippen LogP contribution in [-0.2, 0) is 14.3 Å². The highest BCUT2D eigenvalue weighted by Gasteiger charge is 2.28. The molecule has 6 nitrogen and oxygen atoms in total. The quantitative estimate of drug-likeness (QED) is 0.606. The summed E-state index contributed by atoms with van der Waals surface area (Å²) < 4.78 is 5.13. The molecule has 0 fully saturated rings. The summed E-state index contributed by atoms with van der Waals surface area (Å²) in [4.78, 5) is 42.0. The van der Waals surface area contributed by atoms with Crippen molar-refractivity contribution in [3.05, 3.63) is 70.4 Å². The molecule has 2 aromatic carbocycles. The Kier molecular flexibility index (Phi) is 5.87. The number of nitrogens with zero attached hydrogens (tertiary/aromatic N) is 1. The van der Waals surface area contributed by atoms with Gasteiger partial charge in [-0.3, -0.25) is 19.3 Å². The molecule has 3 aromatic rings. The lowest BCUT2D eigenvalue weighted by molar-refractivity contribution is -0.146. The van der Waals surface area contributed by atoms with Gasteiger partial charge in [0.2, 0.25) is 0 Å². The minimum Gasteiger partial charge on any atom is -0.454 e. The van der Waals surface area contributed by atoms with Crippen LogP contribution in [0.4, 0.5) is 11.4 Å². The van der Waals surface area contributed by atoms with Crippen LogP contribution in [0.15, 0.2) is 70.5 Å². The van der Waals surface area contributed by atoms with E-state index in [4.69, 9.17) is 4.74 Å². The molecular formula is C22H18N2O4S2. The second-order valence-electron chi connectivity index (χ2n) is 6.52. The first-order valence-electron chi connectivity index (χ1n) is 9.22. The molecule has 1 aliphatic rings. The number of nitrogens with one attached hydrogen (secondary N) is 1. The number of amides is 2. The summed E-state index contributed by atoms with van der Waals surface area (Å²) in [6.45, 7) is 1.18. The first-order chi connectivity index (χ1) is 14.5. The van der Waals surface area contributed by atoms with Crippen molar-refractivity contribution in [3.8, 4) is 0 Å². The van der Waals surface area contributed by atoms with E-state index in [-0.39, 0.29) is 18.4 Å². The number of benzene rings is 2. The molecule has 1 aliphatic heterocycles. The van der Waals surface area contributed by atoms with Gasteiger partial charge in [0.05, 0.1) is 16.3 Å². The highest BCUT2D eigenvalue weighted by atomic mass is 32.2. The molecular weight excluding hydrogens is 420 g/mol. The SMILES string of the molecule is Cc1ccc(C(=O)NCC(=O)OCC(=O)N2c3ccccc3Sc3ccccc32)s1. The fourth-order valence-corrected chi connectivity index (χ4v) is 4.87. The van der Waals surface area contributed by atoms with E-state index >= 15 is 0 Å². The van der Waals surface area contributed by atoms with Gasteiger partial charge >= 0.3 is 5.97 Å². The number of hydrogen-bond acceptors (Lipinski definition) is 6. The van der Waals surface area contributed by atoms with Crippen LogP contribution in [0, 0.1) is 6.92 Å². The van der Waals surface area contributed by atoms with Gasteiger partial charge in [-0.25, -0.2) is 0 Å². The van der Waals surface area contributed by atoms with E-state index in [1.165, 1.54) is 11.3 Å². The zero-order chi connectivity index (χ0) is 21.1. The number of rotatable bonds is 5. The summed E-state index contributed by atoms with van der Waals surface area (Å²) in [6, 6.07) is 18.7. The Morgan fingerprint density at radius 2 is 1.57 bits per heavy atom.